The van der Waals surface area contributed by atoms with Crippen molar-refractivity contribution >= 4 is 6.41 Å². The zero-order valence-corrected chi connectivity index (χ0v) is 9.09. The summed E-state index contributed by atoms with van der Waals surface area (Å²) in [6.45, 7) is 6.18. The van der Waals surface area contributed by atoms with Crippen LogP contribution >= 0.6 is 0 Å². The molecule has 0 aliphatic carbocycles. The van der Waals surface area contributed by atoms with Crippen LogP contribution in [-0.4, -0.2) is 24.4 Å². The van der Waals surface area contributed by atoms with Crippen molar-refractivity contribution in [3.63, 3.8) is 0 Å². The second-order valence-electron chi connectivity index (χ2n) is 3.56. The zero-order valence-electron chi connectivity index (χ0n) is 9.09. The van der Waals surface area contributed by atoms with Crippen LogP contribution in [0.2, 0.25) is 0 Å². The van der Waals surface area contributed by atoms with E-state index in [4.69, 9.17) is 0 Å². The Balaban J connectivity index is 3.22. The summed E-state index contributed by atoms with van der Waals surface area (Å²) in [4.78, 5) is 12.4. The molecule has 78 valence electrons. The van der Waals surface area contributed by atoms with Crippen LogP contribution < -0.4 is 0 Å². The van der Waals surface area contributed by atoms with Gasteiger partial charge in [-0.25, -0.2) is 0 Å². The van der Waals surface area contributed by atoms with Gasteiger partial charge in [-0.15, -0.1) is 0 Å². The lowest BCUT2D eigenvalue weighted by Crippen LogP contribution is -2.23. The van der Waals surface area contributed by atoms with E-state index in [1.807, 2.05) is 4.90 Å². The summed E-state index contributed by atoms with van der Waals surface area (Å²) in [5.41, 5.74) is 0. The molecule has 0 saturated heterocycles. The van der Waals surface area contributed by atoms with Gasteiger partial charge in [0, 0.05) is 13.1 Å². The van der Waals surface area contributed by atoms with E-state index >= 15 is 0 Å². The topological polar surface area (TPSA) is 20.3 Å². The number of amides is 1. The largest absolute Gasteiger partial charge is 0.345 e. The maximum Gasteiger partial charge on any atom is 0.209 e. The summed E-state index contributed by atoms with van der Waals surface area (Å²) in [5, 5.41) is 0. The Morgan fingerprint density at radius 3 is 2.15 bits per heavy atom. The minimum atomic E-state index is 0.914. The predicted octanol–water partition coefficient (Wildman–Crippen LogP) is 2.83. The normalized spacial score (nSPS) is 10.0. The molecule has 1 amide bonds. The number of unbranched alkanes of at least 4 members (excludes halogenated alkanes) is 4. The quantitative estimate of drug-likeness (QED) is 0.399. The first-order valence-corrected chi connectivity index (χ1v) is 5.54. The van der Waals surface area contributed by atoms with Gasteiger partial charge >= 0.3 is 0 Å². The van der Waals surface area contributed by atoms with Crippen LogP contribution in [0.1, 0.15) is 52.4 Å². The van der Waals surface area contributed by atoms with E-state index in [1.54, 1.807) is 0 Å². The highest BCUT2D eigenvalue weighted by Crippen LogP contribution is 2.03. The molecule has 0 rings (SSSR count). The monoisotopic (exact) mass is 185 g/mol. The minimum absolute atomic E-state index is 0.914. The first-order chi connectivity index (χ1) is 6.35. The number of nitrogens with zero attached hydrogens (tertiary/aromatic N) is 1. The van der Waals surface area contributed by atoms with E-state index in [0.29, 0.717) is 0 Å². The van der Waals surface area contributed by atoms with Crippen LogP contribution in [0, 0.1) is 0 Å². The zero-order chi connectivity index (χ0) is 9.94. The third kappa shape index (κ3) is 7.82. The van der Waals surface area contributed by atoms with Crippen molar-refractivity contribution in [1.82, 2.24) is 4.90 Å². The number of hydrogen-bond acceptors (Lipinski definition) is 1. The van der Waals surface area contributed by atoms with Gasteiger partial charge in [-0.2, -0.15) is 0 Å². The Hall–Kier alpha value is -0.530. The van der Waals surface area contributed by atoms with Gasteiger partial charge in [0.2, 0.25) is 6.41 Å². The number of carbonyl (C=O) groups excluding carboxylic acids is 1. The number of rotatable bonds is 9. The van der Waals surface area contributed by atoms with Crippen molar-refractivity contribution in [2.24, 2.45) is 0 Å². The Morgan fingerprint density at radius 2 is 1.62 bits per heavy atom. The summed E-state index contributed by atoms with van der Waals surface area (Å²) in [6, 6.07) is 0. The van der Waals surface area contributed by atoms with Crippen LogP contribution in [-0.2, 0) is 4.79 Å². The molecule has 0 fully saturated rings. The maximum atomic E-state index is 10.5. The van der Waals surface area contributed by atoms with Crippen LogP contribution in [0.5, 0.6) is 0 Å². The molecule has 0 heterocycles. The van der Waals surface area contributed by atoms with Crippen molar-refractivity contribution in [2.75, 3.05) is 13.1 Å². The van der Waals surface area contributed by atoms with Gasteiger partial charge in [0.15, 0.2) is 0 Å². The molecule has 0 spiro atoms. The van der Waals surface area contributed by atoms with Gasteiger partial charge in [-0.05, 0) is 12.8 Å². The van der Waals surface area contributed by atoms with Crippen molar-refractivity contribution < 1.29 is 4.79 Å². The molecule has 0 radical (unpaired) electrons. The number of hydrogen-bond donors (Lipinski definition) is 0. The molecular weight excluding hydrogens is 162 g/mol. The summed E-state index contributed by atoms with van der Waals surface area (Å²) in [7, 11) is 0. The second kappa shape index (κ2) is 9.56. The Kier molecular flexibility index (Phi) is 9.17. The maximum absolute atomic E-state index is 10.5. The third-order valence-electron chi connectivity index (χ3n) is 2.21. The Morgan fingerprint density at radius 1 is 0.923 bits per heavy atom. The van der Waals surface area contributed by atoms with Gasteiger partial charge < -0.3 is 4.90 Å². The second-order valence-corrected chi connectivity index (χ2v) is 3.56. The highest BCUT2D eigenvalue weighted by Gasteiger charge is 1.98. The highest BCUT2D eigenvalue weighted by molar-refractivity contribution is 5.46. The lowest BCUT2D eigenvalue weighted by atomic mass is 10.1. The molecule has 0 unspecified atom stereocenters. The van der Waals surface area contributed by atoms with Gasteiger partial charge in [-0.1, -0.05) is 39.5 Å². The average molecular weight is 185 g/mol. The smallest absolute Gasteiger partial charge is 0.209 e. The van der Waals surface area contributed by atoms with Crippen molar-refractivity contribution in [3.05, 3.63) is 0 Å². The third-order valence-corrected chi connectivity index (χ3v) is 2.21. The lowest BCUT2D eigenvalue weighted by molar-refractivity contribution is -0.118. The van der Waals surface area contributed by atoms with Crippen LogP contribution in [0.15, 0.2) is 0 Å². The van der Waals surface area contributed by atoms with Crippen LogP contribution in [0.25, 0.3) is 0 Å². The fourth-order valence-corrected chi connectivity index (χ4v) is 1.42. The summed E-state index contributed by atoms with van der Waals surface area (Å²) >= 11 is 0. The number of carbonyl (C=O) groups is 1. The van der Waals surface area contributed by atoms with E-state index in [9.17, 15) is 4.79 Å². The predicted molar refractivity (Wildman–Crippen MR) is 56.7 cm³/mol. The molecule has 0 saturated carbocycles. The lowest BCUT2D eigenvalue weighted by Gasteiger charge is -2.15. The molecule has 0 aromatic heterocycles. The van der Waals surface area contributed by atoms with E-state index < -0.39 is 0 Å². The summed E-state index contributed by atoms with van der Waals surface area (Å²) < 4.78 is 0. The van der Waals surface area contributed by atoms with Crippen molar-refractivity contribution in [2.45, 2.75) is 52.4 Å². The SMILES string of the molecule is CCCCCCCN(C=O)CCC. The van der Waals surface area contributed by atoms with Crippen molar-refractivity contribution in [3.8, 4) is 0 Å². The Labute approximate surface area is 82.3 Å². The van der Waals surface area contributed by atoms with Crippen LogP contribution in [0.3, 0.4) is 0 Å². The molecule has 0 aromatic carbocycles. The Bertz CT molecular complexity index is 115. The first-order valence-electron chi connectivity index (χ1n) is 5.54. The molecule has 0 aromatic rings. The molecule has 0 aliphatic rings. The fraction of sp³-hybridized carbons (Fsp3) is 0.909. The molecule has 13 heavy (non-hydrogen) atoms. The molecule has 2 nitrogen and oxygen atoms in total. The average Bonchev–Trinajstić information content (AvgIpc) is 2.16. The molecule has 0 bridgehead atoms. The summed E-state index contributed by atoms with van der Waals surface area (Å²) in [6.07, 6.45) is 8.40. The standard InChI is InChI=1S/C11H23NO/c1-3-5-6-7-8-10-12(11-13)9-4-2/h11H,3-10H2,1-2H3. The van der Waals surface area contributed by atoms with E-state index in [-0.39, 0.29) is 0 Å². The molecule has 0 aliphatic heterocycles. The molecule has 0 atom stereocenters. The minimum Gasteiger partial charge on any atom is -0.345 e. The van der Waals surface area contributed by atoms with Gasteiger partial charge in [0.25, 0.3) is 0 Å². The van der Waals surface area contributed by atoms with Gasteiger partial charge in [0.05, 0.1) is 0 Å². The van der Waals surface area contributed by atoms with Gasteiger partial charge in [0.1, 0.15) is 0 Å². The molecule has 0 N–H and O–H groups in total. The van der Waals surface area contributed by atoms with Gasteiger partial charge in [-0.3, -0.25) is 4.79 Å². The van der Waals surface area contributed by atoms with Crippen molar-refractivity contribution in [1.29, 1.82) is 0 Å². The summed E-state index contributed by atoms with van der Waals surface area (Å²) in [5.74, 6) is 0. The van der Waals surface area contributed by atoms with E-state index in [2.05, 4.69) is 13.8 Å². The van der Waals surface area contributed by atoms with E-state index in [1.165, 1.54) is 32.1 Å². The van der Waals surface area contributed by atoms with E-state index in [0.717, 1.165) is 25.9 Å². The molecule has 2 heteroatoms. The highest BCUT2D eigenvalue weighted by atomic mass is 16.1. The van der Waals surface area contributed by atoms with Crippen LogP contribution in [0.4, 0.5) is 0 Å². The molecular formula is C11H23NO. The fourth-order valence-electron chi connectivity index (χ4n) is 1.42. The first kappa shape index (κ1) is 12.5.